The Labute approximate surface area is 654 Å². The van der Waals surface area contributed by atoms with E-state index < -0.39 is 97.5 Å². The topological polar surface area (TPSA) is 237 Å². The van der Waals surface area contributed by atoms with E-state index in [9.17, 15) is 43.2 Å². The van der Waals surface area contributed by atoms with Gasteiger partial charge in [-0.25, -0.2) is 9.13 Å². The summed E-state index contributed by atoms with van der Waals surface area (Å²) in [6, 6.07) is 0. The van der Waals surface area contributed by atoms with E-state index in [4.69, 9.17) is 37.0 Å². The Kier molecular flexibility index (Phi) is 75.0. The highest BCUT2D eigenvalue weighted by Gasteiger charge is 2.30. The van der Waals surface area contributed by atoms with Crippen molar-refractivity contribution >= 4 is 39.5 Å². The van der Waals surface area contributed by atoms with Crippen LogP contribution in [-0.2, 0) is 65.4 Å². The van der Waals surface area contributed by atoms with E-state index in [1.807, 2.05) is 18.2 Å². The molecule has 0 aromatic heterocycles. The van der Waals surface area contributed by atoms with Gasteiger partial charge < -0.3 is 33.8 Å². The minimum atomic E-state index is -5.01. The van der Waals surface area contributed by atoms with Crippen LogP contribution in [0.25, 0.3) is 0 Å². The summed E-state index contributed by atoms with van der Waals surface area (Å²) in [7, 11) is -10.0. The molecule has 0 fully saturated rings. The second-order valence-corrected chi connectivity index (χ2v) is 29.5. The second-order valence-electron chi connectivity index (χ2n) is 26.6. The van der Waals surface area contributed by atoms with Crippen molar-refractivity contribution in [2.45, 2.75) is 316 Å². The summed E-state index contributed by atoms with van der Waals surface area (Å²) in [5.74, 6) is -2.34. The van der Waals surface area contributed by atoms with Crippen LogP contribution in [0.3, 0.4) is 0 Å². The number of ether oxygens (including phenoxy) is 4. The molecule has 5 unspecified atom stereocenters. The van der Waals surface area contributed by atoms with Gasteiger partial charge in [-0.15, -0.1) is 0 Å². The molecule has 108 heavy (non-hydrogen) atoms. The zero-order valence-corrected chi connectivity index (χ0v) is 68.7. The fourth-order valence-electron chi connectivity index (χ4n) is 10.2. The van der Waals surface area contributed by atoms with E-state index in [-0.39, 0.29) is 25.7 Å². The third kappa shape index (κ3) is 78.3. The van der Waals surface area contributed by atoms with Crippen molar-refractivity contribution in [2.75, 3.05) is 39.6 Å². The lowest BCUT2D eigenvalue weighted by Crippen LogP contribution is -2.30. The highest BCUT2D eigenvalue weighted by atomic mass is 31.2. The number of phosphoric ester groups is 2. The van der Waals surface area contributed by atoms with Crippen LogP contribution in [0.5, 0.6) is 0 Å². The van der Waals surface area contributed by atoms with Gasteiger partial charge in [-0.3, -0.25) is 37.3 Å². The van der Waals surface area contributed by atoms with Crippen molar-refractivity contribution in [3.05, 3.63) is 182 Å². The van der Waals surface area contributed by atoms with Crippen molar-refractivity contribution in [1.82, 2.24) is 0 Å². The lowest BCUT2D eigenvalue weighted by molar-refractivity contribution is -0.161. The van der Waals surface area contributed by atoms with Gasteiger partial charge in [0.1, 0.15) is 19.3 Å². The molecule has 0 saturated heterocycles. The molecule has 0 heterocycles. The zero-order chi connectivity index (χ0) is 78.9. The number of rotatable bonds is 75. The molecule has 0 aliphatic carbocycles. The Bertz CT molecular complexity index is 2760. The van der Waals surface area contributed by atoms with Crippen LogP contribution in [0.2, 0.25) is 0 Å². The molecule has 0 spiro atoms. The number of carbonyl (C=O) groups is 4. The first-order valence-corrected chi connectivity index (χ1v) is 44.0. The van der Waals surface area contributed by atoms with Crippen LogP contribution in [0, 0.1) is 0 Å². The highest BCUT2D eigenvalue weighted by molar-refractivity contribution is 7.47. The normalized spacial score (nSPS) is 14.8. The quantitative estimate of drug-likeness (QED) is 0.0169. The molecular weight excluding hydrogens is 1400 g/mol. The van der Waals surface area contributed by atoms with Crippen molar-refractivity contribution in [3.8, 4) is 0 Å². The number of phosphoric acid groups is 2. The standard InChI is InChI=1S/C89H144O17P2/c1-5-9-13-17-21-25-29-33-36-39-41-44-46-50-53-57-61-65-69-73-86(91)99-79-84(105-88(93)75-71-67-63-59-55-49-32-28-24-20-16-12-8-4)81-103-107(95,96)101-77-83(90)78-102-108(97,98)104-82-85(106-89(94)76-72-68-64-60-56-52-48-43-38-35-31-27-23-19-15-11-7-3)80-100-87(92)74-70-66-62-58-54-51-47-45-42-40-37-34-30-26-22-18-14-10-6-2/h9-11,13-15,21-23,25-28,32-38,41-42,44-45,50-51,53-54,62,66,83-85,90H,5-8,12,16-20,24,29-31,39-40,43,46-49,52,55-61,63-65,67-82H2,1-4H3,(H,95,96)(H,97,98)/b13-9-,14-10-,15-11-,25-21-,26-22-,27-23-,32-28-,36-33-,37-34-,38-35-,44-41-,45-42-,53-50-,54-51-,66-62-. The number of aliphatic hydroxyl groups is 1. The molecule has 3 N–H and O–H groups in total. The molecule has 5 atom stereocenters. The number of unbranched alkanes of at least 4 members (excludes halogenated alkanes) is 19. The molecule has 0 amide bonds. The van der Waals surface area contributed by atoms with Gasteiger partial charge in [-0.2, -0.15) is 0 Å². The fraction of sp³-hybridized carbons (Fsp3) is 0.618. The lowest BCUT2D eigenvalue weighted by atomic mass is 10.1. The number of allylic oxidation sites excluding steroid dienone is 30. The molecule has 0 aliphatic rings. The van der Waals surface area contributed by atoms with Crippen LogP contribution in [0.15, 0.2) is 182 Å². The van der Waals surface area contributed by atoms with Gasteiger partial charge in [0.05, 0.1) is 26.4 Å². The van der Waals surface area contributed by atoms with Gasteiger partial charge in [-0.1, -0.05) is 287 Å². The van der Waals surface area contributed by atoms with E-state index in [0.717, 1.165) is 186 Å². The molecule has 0 aromatic rings. The smallest absolute Gasteiger partial charge is 0.462 e. The van der Waals surface area contributed by atoms with Gasteiger partial charge in [0.2, 0.25) is 0 Å². The zero-order valence-electron chi connectivity index (χ0n) is 66.9. The average molecular weight is 1550 g/mol. The van der Waals surface area contributed by atoms with E-state index in [2.05, 4.69) is 192 Å². The molecule has 0 saturated carbocycles. The third-order valence-electron chi connectivity index (χ3n) is 16.4. The first-order valence-electron chi connectivity index (χ1n) is 41.0. The van der Waals surface area contributed by atoms with E-state index in [1.165, 1.54) is 25.7 Å². The lowest BCUT2D eigenvalue weighted by Gasteiger charge is -2.21. The molecule has 0 aromatic carbocycles. The van der Waals surface area contributed by atoms with Crippen LogP contribution in [-0.4, -0.2) is 96.7 Å². The van der Waals surface area contributed by atoms with Crippen LogP contribution < -0.4 is 0 Å². The maximum absolute atomic E-state index is 13.1. The summed E-state index contributed by atoms with van der Waals surface area (Å²) in [5.41, 5.74) is 0. The molecule has 0 bridgehead atoms. The number of esters is 4. The summed E-state index contributed by atoms with van der Waals surface area (Å²) in [4.78, 5) is 73.1. The van der Waals surface area contributed by atoms with Gasteiger partial charge in [0.15, 0.2) is 12.2 Å². The predicted octanol–water partition coefficient (Wildman–Crippen LogP) is 24.3. The van der Waals surface area contributed by atoms with E-state index >= 15 is 0 Å². The number of carbonyl (C=O) groups excluding carboxylic acids is 4. The van der Waals surface area contributed by atoms with Gasteiger partial charge in [0, 0.05) is 25.7 Å². The molecule has 0 aliphatic heterocycles. The Morgan fingerprint density at radius 2 is 0.500 bits per heavy atom. The average Bonchev–Trinajstić information content (AvgIpc) is 0.886. The molecule has 0 radical (unpaired) electrons. The van der Waals surface area contributed by atoms with Crippen molar-refractivity contribution in [1.29, 1.82) is 0 Å². The van der Waals surface area contributed by atoms with E-state index in [0.29, 0.717) is 32.1 Å². The predicted molar refractivity (Wildman–Crippen MR) is 445 cm³/mol. The van der Waals surface area contributed by atoms with Crippen molar-refractivity contribution in [3.63, 3.8) is 0 Å². The molecule has 17 nitrogen and oxygen atoms in total. The van der Waals surface area contributed by atoms with Crippen molar-refractivity contribution in [2.24, 2.45) is 0 Å². The molecule has 612 valence electrons. The second kappa shape index (κ2) is 79.3. The summed E-state index contributed by atoms with van der Waals surface area (Å²) >= 11 is 0. The summed E-state index contributed by atoms with van der Waals surface area (Å²) < 4.78 is 68.6. The Morgan fingerprint density at radius 3 is 0.815 bits per heavy atom. The fourth-order valence-corrected chi connectivity index (χ4v) is 11.8. The number of hydrogen-bond acceptors (Lipinski definition) is 15. The molecule has 19 heteroatoms. The molecule has 0 rings (SSSR count). The maximum Gasteiger partial charge on any atom is 0.472 e. The SMILES string of the molecule is CC/C=C\C/C=C\C/C=C\C/C=C\C/C=C\C/C=C\CCC(=O)OCC(COP(=O)(O)OCC(O)COP(=O)(O)OCC(COC(=O)CCCCC/C=C\C/C=C\C/C=C\C/C=C\C/C=C\CC)OC(=O)CCCCCCC/C=C\CCCCCC)OC(=O)CCCCCCCCC/C=C\C/C=C\C/C=C\CC. The minimum absolute atomic E-state index is 0.0269. The van der Waals surface area contributed by atoms with E-state index in [1.54, 1.807) is 0 Å². The largest absolute Gasteiger partial charge is 0.472 e. The van der Waals surface area contributed by atoms with Gasteiger partial charge in [-0.05, 0) is 167 Å². The first kappa shape index (κ1) is 102. The van der Waals surface area contributed by atoms with Gasteiger partial charge in [0.25, 0.3) is 0 Å². The van der Waals surface area contributed by atoms with Gasteiger partial charge >= 0.3 is 39.5 Å². The first-order chi connectivity index (χ1) is 52.7. The summed E-state index contributed by atoms with van der Waals surface area (Å²) in [6.07, 6.45) is 95.9. The Balaban J connectivity index is 5.48. The van der Waals surface area contributed by atoms with Crippen LogP contribution in [0.4, 0.5) is 0 Å². The Morgan fingerprint density at radius 1 is 0.269 bits per heavy atom. The molecular formula is C89H144O17P2. The Hall–Kier alpha value is -5.84. The van der Waals surface area contributed by atoms with Crippen molar-refractivity contribution < 1.29 is 80.2 Å². The van der Waals surface area contributed by atoms with Crippen LogP contribution in [0.1, 0.15) is 297 Å². The summed E-state index contributed by atoms with van der Waals surface area (Å²) in [5, 5.41) is 10.7. The number of hydrogen-bond donors (Lipinski definition) is 3. The minimum Gasteiger partial charge on any atom is -0.462 e. The third-order valence-corrected chi connectivity index (χ3v) is 18.3. The van der Waals surface area contributed by atoms with Crippen LogP contribution >= 0.6 is 15.6 Å². The highest BCUT2D eigenvalue weighted by Crippen LogP contribution is 2.45. The monoisotopic (exact) mass is 1550 g/mol. The summed E-state index contributed by atoms with van der Waals surface area (Å²) in [6.45, 7) is 4.37. The maximum atomic E-state index is 13.1. The number of aliphatic hydroxyl groups excluding tert-OH is 1.